The van der Waals surface area contributed by atoms with Gasteiger partial charge >= 0.3 is 0 Å². The second kappa shape index (κ2) is 7.13. The SMILES string of the molecule is CC.CCC(=O)c1ccccc1NC. The molecule has 0 aromatic heterocycles. The molecular formula is C12H19NO. The number of hydrogen-bond donors (Lipinski definition) is 1. The molecule has 0 radical (unpaired) electrons. The van der Waals surface area contributed by atoms with Crippen LogP contribution in [-0.2, 0) is 0 Å². The first kappa shape index (κ1) is 12.7. The maximum Gasteiger partial charge on any atom is 0.164 e. The second-order valence-corrected chi connectivity index (χ2v) is 2.57. The molecule has 0 aliphatic carbocycles. The molecule has 0 unspecified atom stereocenters. The Labute approximate surface area is 86.3 Å². The molecule has 0 aliphatic heterocycles. The van der Waals surface area contributed by atoms with E-state index in [0.717, 1.165) is 11.3 Å². The van der Waals surface area contributed by atoms with Crippen molar-refractivity contribution in [2.24, 2.45) is 0 Å². The summed E-state index contributed by atoms with van der Waals surface area (Å²) in [6.07, 6.45) is 0.554. The molecule has 2 heteroatoms. The molecule has 0 atom stereocenters. The van der Waals surface area contributed by atoms with E-state index in [1.807, 2.05) is 52.1 Å². The minimum Gasteiger partial charge on any atom is -0.388 e. The van der Waals surface area contributed by atoms with E-state index in [1.165, 1.54) is 0 Å². The van der Waals surface area contributed by atoms with Gasteiger partial charge in [0.1, 0.15) is 0 Å². The summed E-state index contributed by atoms with van der Waals surface area (Å²) in [4.78, 5) is 11.4. The van der Waals surface area contributed by atoms with E-state index in [2.05, 4.69) is 5.32 Å². The van der Waals surface area contributed by atoms with Crippen LogP contribution in [0.2, 0.25) is 0 Å². The molecule has 1 aromatic rings. The van der Waals surface area contributed by atoms with E-state index < -0.39 is 0 Å². The zero-order valence-corrected chi connectivity index (χ0v) is 9.42. The zero-order valence-electron chi connectivity index (χ0n) is 9.42. The molecule has 0 bridgehead atoms. The third-order valence-electron chi connectivity index (χ3n) is 1.82. The van der Waals surface area contributed by atoms with Gasteiger partial charge in [-0.15, -0.1) is 0 Å². The van der Waals surface area contributed by atoms with Gasteiger partial charge in [-0.3, -0.25) is 4.79 Å². The van der Waals surface area contributed by atoms with Gasteiger partial charge < -0.3 is 5.32 Å². The first-order valence-electron chi connectivity index (χ1n) is 5.09. The maximum absolute atomic E-state index is 11.4. The van der Waals surface area contributed by atoms with Gasteiger partial charge in [-0.1, -0.05) is 32.9 Å². The van der Waals surface area contributed by atoms with Crippen molar-refractivity contribution in [3.63, 3.8) is 0 Å². The van der Waals surface area contributed by atoms with Crippen molar-refractivity contribution >= 4 is 11.5 Å². The number of ketones is 1. The number of para-hydroxylation sites is 1. The zero-order chi connectivity index (χ0) is 11.0. The Kier molecular flexibility index (Phi) is 6.46. The highest BCUT2D eigenvalue weighted by Gasteiger charge is 2.06. The summed E-state index contributed by atoms with van der Waals surface area (Å²) >= 11 is 0. The van der Waals surface area contributed by atoms with E-state index in [9.17, 15) is 4.79 Å². The number of anilines is 1. The number of hydrogen-bond acceptors (Lipinski definition) is 2. The molecule has 0 saturated heterocycles. The lowest BCUT2D eigenvalue weighted by Gasteiger charge is -2.05. The van der Waals surface area contributed by atoms with Crippen LogP contribution in [0.4, 0.5) is 5.69 Å². The summed E-state index contributed by atoms with van der Waals surface area (Å²) in [6, 6.07) is 7.54. The van der Waals surface area contributed by atoms with Gasteiger partial charge in [0.25, 0.3) is 0 Å². The normalized spacial score (nSPS) is 8.57. The van der Waals surface area contributed by atoms with Gasteiger partial charge in [0.15, 0.2) is 5.78 Å². The molecule has 14 heavy (non-hydrogen) atoms. The molecule has 1 aromatic carbocycles. The van der Waals surface area contributed by atoms with E-state index in [-0.39, 0.29) is 5.78 Å². The minimum absolute atomic E-state index is 0.181. The lowest BCUT2D eigenvalue weighted by atomic mass is 10.1. The van der Waals surface area contributed by atoms with Crippen molar-refractivity contribution in [3.05, 3.63) is 29.8 Å². The topological polar surface area (TPSA) is 29.1 Å². The van der Waals surface area contributed by atoms with Crippen molar-refractivity contribution in [3.8, 4) is 0 Å². The highest BCUT2D eigenvalue weighted by atomic mass is 16.1. The fourth-order valence-electron chi connectivity index (χ4n) is 1.13. The van der Waals surface area contributed by atoms with Crippen LogP contribution < -0.4 is 5.32 Å². The third kappa shape index (κ3) is 3.21. The predicted molar refractivity (Wildman–Crippen MR) is 62.0 cm³/mol. The third-order valence-corrected chi connectivity index (χ3v) is 1.82. The molecule has 1 N–H and O–H groups in total. The van der Waals surface area contributed by atoms with Crippen LogP contribution >= 0.6 is 0 Å². The van der Waals surface area contributed by atoms with Crippen LogP contribution in [0.1, 0.15) is 37.6 Å². The number of carbonyl (C=O) groups excluding carboxylic acids is 1. The average Bonchev–Trinajstić information content (AvgIpc) is 2.30. The number of rotatable bonds is 3. The highest BCUT2D eigenvalue weighted by Crippen LogP contribution is 2.15. The largest absolute Gasteiger partial charge is 0.388 e. The molecule has 0 fully saturated rings. The summed E-state index contributed by atoms with van der Waals surface area (Å²) < 4.78 is 0. The monoisotopic (exact) mass is 193 g/mol. The van der Waals surface area contributed by atoms with Gasteiger partial charge in [0, 0.05) is 24.7 Å². The molecule has 2 nitrogen and oxygen atoms in total. The van der Waals surface area contributed by atoms with Gasteiger partial charge in [-0.25, -0.2) is 0 Å². The minimum atomic E-state index is 0.181. The van der Waals surface area contributed by atoms with Crippen LogP contribution in [0.3, 0.4) is 0 Å². The Hall–Kier alpha value is -1.31. The summed E-state index contributed by atoms with van der Waals surface area (Å²) in [7, 11) is 1.82. The fourth-order valence-corrected chi connectivity index (χ4v) is 1.13. The summed E-state index contributed by atoms with van der Waals surface area (Å²) in [5, 5.41) is 2.99. The van der Waals surface area contributed by atoms with E-state index in [1.54, 1.807) is 0 Å². The van der Waals surface area contributed by atoms with Crippen molar-refractivity contribution in [1.82, 2.24) is 0 Å². The van der Waals surface area contributed by atoms with Crippen molar-refractivity contribution < 1.29 is 4.79 Å². The van der Waals surface area contributed by atoms with E-state index in [4.69, 9.17) is 0 Å². The first-order valence-corrected chi connectivity index (χ1v) is 5.09. The van der Waals surface area contributed by atoms with Crippen LogP contribution in [0.5, 0.6) is 0 Å². The Bertz CT molecular complexity index is 281. The van der Waals surface area contributed by atoms with Crippen LogP contribution in [0.15, 0.2) is 24.3 Å². The van der Waals surface area contributed by atoms with E-state index in [0.29, 0.717) is 6.42 Å². The quantitative estimate of drug-likeness (QED) is 0.746. The standard InChI is InChI=1S/C10H13NO.C2H6/c1-3-10(12)8-6-4-5-7-9(8)11-2;1-2/h4-7,11H,3H2,1-2H3;1-2H3. The number of carbonyl (C=O) groups is 1. The van der Waals surface area contributed by atoms with Crippen LogP contribution in [0.25, 0.3) is 0 Å². The van der Waals surface area contributed by atoms with Crippen LogP contribution in [0, 0.1) is 0 Å². The summed E-state index contributed by atoms with van der Waals surface area (Å²) in [5.74, 6) is 0.181. The van der Waals surface area contributed by atoms with Crippen LogP contribution in [-0.4, -0.2) is 12.8 Å². The molecular weight excluding hydrogens is 174 g/mol. The van der Waals surface area contributed by atoms with Gasteiger partial charge in [0.05, 0.1) is 0 Å². The molecule has 0 amide bonds. The molecule has 0 heterocycles. The Morgan fingerprint density at radius 1 is 1.29 bits per heavy atom. The van der Waals surface area contributed by atoms with Crippen molar-refractivity contribution in [2.45, 2.75) is 27.2 Å². The fraction of sp³-hybridized carbons (Fsp3) is 0.417. The smallest absolute Gasteiger partial charge is 0.164 e. The van der Waals surface area contributed by atoms with Gasteiger partial charge in [0.2, 0.25) is 0 Å². The predicted octanol–water partition coefficient (Wildman–Crippen LogP) is 3.35. The number of Topliss-reactive ketones (excluding diaryl/α,β-unsaturated/α-hetero) is 1. The molecule has 0 spiro atoms. The molecule has 78 valence electrons. The maximum atomic E-state index is 11.4. The highest BCUT2D eigenvalue weighted by molar-refractivity contribution is 6.00. The molecule has 0 aliphatic rings. The van der Waals surface area contributed by atoms with Crippen molar-refractivity contribution in [1.29, 1.82) is 0 Å². The summed E-state index contributed by atoms with van der Waals surface area (Å²) in [6.45, 7) is 5.87. The Balaban J connectivity index is 0.000000791. The van der Waals surface area contributed by atoms with Gasteiger partial charge in [-0.05, 0) is 12.1 Å². The summed E-state index contributed by atoms with van der Waals surface area (Å²) in [5.41, 5.74) is 1.69. The average molecular weight is 193 g/mol. The number of nitrogens with one attached hydrogen (secondary N) is 1. The molecule has 1 rings (SSSR count). The van der Waals surface area contributed by atoms with Gasteiger partial charge in [-0.2, -0.15) is 0 Å². The lowest BCUT2D eigenvalue weighted by Crippen LogP contribution is -2.01. The Morgan fingerprint density at radius 3 is 2.36 bits per heavy atom. The van der Waals surface area contributed by atoms with E-state index >= 15 is 0 Å². The second-order valence-electron chi connectivity index (χ2n) is 2.57. The number of benzene rings is 1. The first-order chi connectivity index (χ1) is 6.79. The lowest BCUT2D eigenvalue weighted by molar-refractivity contribution is 0.0989. The molecule has 0 saturated carbocycles. The van der Waals surface area contributed by atoms with Crippen molar-refractivity contribution in [2.75, 3.05) is 12.4 Å². The Morgan fingerprint density at radius 2 is 1.86 bits per heavy atom.